The van der Waals surface area contributed by atoms with Crippen molar-refractivity contribution in [2.45, 2.75) is 19.8 Å². The van der Waals surface area contributed by atoms with Gasteiger partial charge >= 0.3 is 5.97 Å². The maximum atomic E-state index is 11.5. The number of carbonyl (C=O) groups is 2. The van der Waals surface area contributed by atoms with Gasteiger partial charge in [0, 0.05) is 25.7 Å². The Balaban J connectivity index is 2.14. The zero-order valence-electron chi connectivity index (χ0n) is 12.5. The van der Waals surface area contributed by atoms with E-state index in [4.69, 9.17) is 9.47 Å². The van der Waals surface area contributed by atoms with Gasteiger partial charge in [0.15, 0.2) is 6.61 Å². The van der Waals surface area contributed by atoms with E-state index in [9.17, 15) is 9.59 Å². The minimum absolute atomic E-state index is 0.0433. The molecule has 1 aromatic carbocycles. The second-order valence-electron chi connectivity index (χ2n) is 4.32. The van der Waals surface area contributed by atoms with E-state index in [1.54, 1.807) is 19.1 Å². The van der Waals surface area contributed by atoms with E-state index >= 15 is 0 Å². The quantitative estimate of drug-likeness (QED) is 0.534. The summed E-state index contributed by atoms with van der Waals surface area (Å²) in [5.41, 5.74) is 0.978. The van der Waals surface area contributed by atoms with Gasteiger partial charge in [0.25, 0.3) is 5.91 Å². The Morgan fingerprint density at radius 3 is 2.52 bits per heavy atom. The molecule has 0 spiro atoms. The molecule has 6 heteroatoms. The third-order valence-corrected chi connectivity index (χ3v) is 2.70. The number of esters is 1. The van der Waals surface area contributed by atoms with Gasteiger partial charge in [-0.2, -0.15) is 0 Å². The Bertz CT molecular complexity index is 445. The van der Waals surface area contributed by atoms with Crippen molar-refractivity contribution in [2.24, 2.45) is 0 Å². The predicted molar refractivity (Wildman–Crippen MR) is 80.4 cm³/mol. The van der Waals surface area contributed by atoms with Crippen LogP contribution in [0.5, 0.6) is 5.75 Å². The average molecular weight is 294 g/mol. The van der Waals surface area contributed by atoms with E-state index in [2.05, 4.69) is 10.6 Å². The Morgan fingerprint density at radius 2 is 1.90 bits per heavy atom. The van der Waals surface area contributed by atoms with E-state index in [0.717, 1.165) is 5.69 Å². The standard InChI is InChI=1S/C15H22N2O4/c1-3-20-15(19)5-4-10-17-14(18)11-21-13-8-6-12(16-2)7-9-13/h6-9,16H,3-5,10-11H2,1-2H3,(H,17,18). The fraction of sp³-hybridized carbons (Fsp3) is 0.467. The molecule has 0 aliphatic heterocycles. The fourth-order valence-electron chi connectivity index (χ4n) is 1.61. The molecule has 116 valence electrons. The highest BCUT2D eigenvalue weighted by Gasteiger charge is 2.04. The molecule has 0 aliphatic rings. The van der Waals surface area contributed by atoms with Gasteiger partial charge in [0.2, 0.25) is 0 Å². The van der Waals surface area contributed by atoms with Crippen molar-refractivity contribution in [3.05, 3.63) is 24.3 Å². The molecule has 0 aliphatic carbocycles. The molecular weight excluding hydrogens is 272 g/mol. The minimum Gasteiger partial charge on any atom is -0.484 e. The van der Waals surface area contributed by atoms with Crippen LogP contribution in [-0.4, -0.2) is 38.7 Å². The van der Waals surface area contributed by atoms with Gasteiger partial charge in [0.1, 0.15) is 5.75 Å². The van der Waals surface area contributed by atoms with Crippen molar-refractivity contribution < 1.29 is 19.1 Å². The number of amides is 1. The van der Waals surface area contributed by atoms with Crippen molar-refractivity contribution in [3.63, 3.8) is 0 Å². The van der Waals surface area contributed by atoms with Crippen LogP contribution >= 0.6 is 0 Å². The molecule has 0 aromatic heterocycles. The third kappa shape index (κ3) is 7.20. The number of carbonyl (C=O) groups excluding carboxylic acids is 2. The van der Waals surface area contributed by atoms with E-state index < -0.39 is 0 Å². The molecule has 0 bridgehead atoms. The normalized spacial score (nSPS) is 9.81. The summed E-state index contributed by atoms with van der Waals surface area (Å²) in [6.07, 6.45) is 0.863. The highest BCUT2D eigenvalue weighted by atomic mass is 16.5. The predicted octanol–water partition coefficient (Wildman–Crippen LogP) is 1.57. The first-order valence-corrected chi connectivity index (χ1v) is 6.98. The third-order valence-electron chi connectivity index (χ3n) is 2.70. The minimum atomic E-state index is -0.243. The zero-order chi connectivity index (χ0) is 15.5. The highest BCUT2D eigenvalue weighted by Crippen LogP contribution is 2.14. The Labute approximate surface area is 124 Å². The van der Waals surface area contributed by atoms with Crippen LogP contribution in [0.3, 0.4) is 0 Å². The van der Waals surface area contributed by atoms with Crippen molar-refractivity contribution in [3.8, 4) is 5.75 Å². The SMILES string of the molecule is CCOC(=O)CCCNC(=O)COc1ccc(NC)cc1. The Kier molecular flexibility index (Phi) is 7.71. The molecule has 0 unspecified atom stereocenters. The Hall–Kier alpha value is -2.24. The zero-order valence-corrected chi connectivity index (χ0v) is 12.5. The largest absolute Gasteiger partial charge is 0.484 e. The van der Waals surface area contributed by atoms with Gasteiger partial charge < -0.3 is 20.1 Å². The van der Waals surface area contributed by atoms with E-state index in [1.807, 2.05) is 19.2 Å². The van der Waals surface area contributed by atoms with Gasteiger partial charge in [-0.05, 0) is 37.6 Å². The van der Waals surface area contributed by atoms with Crippen LogP contribution in [0.4, 0.5) is 5.69 Å². The summed E-state index contributed by atoms with van der Waals surface area (Å²) >= 11 is 0. The van der Waals surface area contributed by atoms with E-state index in [1.165, 1.54) is 0 Å². The van der Waals surface area contributed by atoms with Crippen molar-refractivity contribution in [1.29, 1.82) is 0 Å². The lowest BCUT2D eigenvalue weighted by molar-refractivity contribution is -0.143. The number of hydrogen-bond acceptors (Lipinski definition) is 5. The Morgan fingerprint density at radius 1 is 1.19 bits per heavy atom. The van der Waals surface area contributed by atoms with Crippen LogP contribution in [0.25, 0.3) is 0 Å². The van der Waals surface area contributed by atoms with E-state index in [-0.39, 0.29) is 18.5 Å². The van der Waals surface area contributed by atoms with Crippen molar-refractivity contribution in [1.82, 2.24) is 5.32 Å². The number of nitrogens with one attached hydrogen (secondary N) is 2. The van der Waals surface area contributed by atoms with Crippen molar-refractivity contribution in [2.75, 3.05) is 32.1 Å². The summed E-state index contributed by atoms with van der Waals surface area (Å²) in [6, 6.07) is 7.32. The summed E-state index contributed by atoms with van der Waals surface area (Å²) in [5, 5.41) is 5.69. The van der Waals surface area contributed by atoms with Gasteiger partial charge in [-0.25, -0.2) is 0 Å². The maximum Gasteiger partial charge on any atom is 0.305 e. The molecule has 0 heterocycles. The van der Waals surface area contributed by atoms with Crippen LogP contribution in [0.15, 0.2) is 24.3 Å². The molecule has 0 radical (unpaired) electrons. The van der Waals surface area contributed by atoms with Crippen LogP contribution in [-0.2, 0) is 14.3 Å². The van der Waals surface area contributed by atoms with Crippen LogP contribution < -0.4 is 15.4 Å². The monoisotopic (exact) mass is 294 g/mol. The van der Waals surface area contributed by atoms with Gasteiger partial charge in [-0.1, -0.05) is 0 Å². The first kappa shape index (κ1) is 16.8. The molecule has 1 rings (SSSR count). The first-order valence-electron chi connectivity index (χ1n) is 6.98. The molecule has 21 heavy (non-hydrogen) atoms. The molecule has 1 amide bonds. The second kappa shape index (κ2) is 9.63. The fourth-order valence-corrected chi connectivity index (χ4v) is 1.61. The summed E-state index contributed by atoms with van der Waals surface area (Å²) in [4.78, 5) is 22.6. The second-order valence-corrected chi connectivity index (χ2v) is 4.32. The number of hydrogen-bond donors (Lipinski definition) is 2. The summed E-state index contributed by atoms with van der Waals surface area (Å²) in [6.45, 7) is 2.53. The molecule has 0 saturated heterocycles. The molecule has 0 fully saturated rings. The molecule has 6 nitrogen and oxygen atoms in total. The topological polar surface area (TPSA) is 76.7 Å². The smallest absolute Gasteiger partial charge is 0.305 e. The summed E-state index contributed by atoms with van der Waals surface area (Å²) in [5.74, 6) is 0.180. The van der Waals surface area contributed by atoms with Crippen LogP contribution in [0, 0.1) is 0 Å². The molecular formula is C15H22N2O4. The lowest BCUT2D eigenvalue weighted by Gasteiger charge is -2.08. The van der Waals surface area contributed by atoms with Crippen LogP contribution in [0.1, 0.15) is 19.8 Å². The lowest BCUT2D eigenvalue weighted by atomic mass is 10.3. The van der Waals surface area contributed by atoms with E-state index in [0.29, 0.717) is 31.7 Å². The van der Waals surface area contributed by atoms with Gasteiger partial charge in [0.05, 0.1) is 6.61 Å². The maximum absolute atomic E-state index is 11.5. The average Bonchev–Trinajstić information content (AvgIpc) is 2.50. The van der Waals surface area contributed by atoms with Gasteiger partial charge in [-0.3, -0.25) is 9.59 Å². The first-order chi connectivity index (χ1) is 10.2. The number of rotatable bonds is 9. The van der Waals surface area contributed by atoms with Gasteiger partial charge in [-0.15, -0.1) is 0 Å². The number of anilines is 1. The lowest BCUT2D eigenvalue weighted by Crippen LogP contribution is -2.30. The molecule has 0 saturated carbocycles. The highest BCUT2D eigenvalue weighted by molar-refractivity contribution is 5.77. The number of ether oxygens (including phenoxy) is 2. The van der Waals surface area contributed by atoms with Crippen LogP contribution in [0.2, 0.25) is 0 Å². The summed E-state index contributed by atoms with van der Waals surface area (Å²) < 4.78 is 10.1. The molecule has 0 atom stereocenters. The molecule has 2 N–H and O–H groups in total. The number of benzene rings is 1. The summed E-state index contributed by atoms with van der Waals surface area (Å²) in [7, 11) is 1.83. The molecule has 1 aromatic rings. The van der Waals surface area contributed by atoms with Crippen molar-refractivity contribution >= 4 is 17.6 Å².